The van der Waals surface area contributed by atoms with E-state index in [-0.39, 0.29) is 5.91 Å². The van der Waals surface area contributed by atoms with Crippen LogP contribution < -0.4 is 10.2 Å². The van der Waals surface area contributed by atoms with Gasteiger partial charge in [0.1, 0.15) is 0 Å². The third-order valence-electron chi connectivity index (χ3n) is 3.69. The largest absolute Gasteiger partial charge is 0.467 e. The minimum absolute atomic E-state index is 0.0563. The average Bonchev–Trinajstić information content (AvgIpc) is 2.59. The number of benzene rings is 2. The van der Waals surface area contributed by atoms with Crippen molar-refractivity contribution >= 4 is 34.9 Å². The van der Waals surface area contributed by atoms with Gasteiger partial charge in [0.15, 0.2) is 6.04 Å². The fourth-order valence-electron chi connectivity index (χ4n) is 2.22. The van der Waals surface area contributed by atoms with Crippen LogP contribution >= 0.6 is 11.6 Å². The summed E-state index contributed by atoms with van der Waals surface area (Å²) in [7, 11) is 3.03. The standard InChI is InChI=1S/C18H19ClN2O3/c1-12(22)21(2)14-10-8-13(9-11-14)20-17(18(23)24-3)15-6-4-5-7-16(15)19/h4-11,17,20H,1-3H3/t17-/m1/s1. The van der Waals surface area contributed by atoms with Gasteiger partial charge in [-0.25, -0.2) is 4.79 Å². The summed E-state index contributed by atoms with van der Waals surface area (Å²) in [5, 5.41) is 3.60. The van der Waals surface area contributed by atoms with Gasteiger partial charge in [-0.05, 0) is 30.3 Å². The molecule has 0 heterocycles. The fourth-order valence-corrected chi connectivity index (χ4v) is 2.47. The Kier molecular flexibility index (Phi) is 5.82. The van der Waals surface area contributed by atoms with Crippen LogP contribution in [0.25, 0.3) is 0 Å². The highest BCUT2D eigenvalue weighted by Gasteiger charge is 2.23. The van der Waals surface area contributed by atoms with Crippen molar-refractivity contribution < 1.29 is 14.3 Å². The van der Waals surface area contributed by atoms with Gasteiger partial charge in [0.05, 0.1) is 7.11 Å². The first-order valence-electron chi connectivity index (χ1n) is 7.37. The van der Waals surface area contributed by atoms with Gasteiger partial charge < -0.3 is 15.0 Å². The van der Waals surface area contributed by atoms with E-state index in [0.717, 1.165) is 5.69 Å². The van der Waals surface area contributed by atoms with Crippen molar-refractivity contribution in [1.29, 1.82) is 0 Å². The van der Waals surface area contributed by atoms with E-state index in [9.17, 15) is 9.59 Å². The lowest BCUT2D eigenvalue weighted by atomic mass is 10.1. The van der Waals surface area contributed by atoms with Crippen molar-refractivity contribution in [3.63, 3.8) is 0 Å². The van der Waals surface area contributed by atoms with Crippen molar-refractivity contribution in [2.75, 3.05) is 24.4 Å². The van der Waals surface area contributed by atoms with Crippen molar-refractivity contribution in [2.24, 2.45) is 0 Å². The second-order valence-electron chi connectivity index (χ2n) is 5.25. The quantitative estimate of drug-likeness (QED) is 0.839. The van der Waals surface area contributed by atoms with E-state index in [2.05, 4.69) is 5.32 Å². The lowest BCUT2D eigenvalue weighted by molar-refractivity contribution is -0.141. The third-order valence-corrected chi connectivity index (χ3v) is 4.04. The highest BCUT2D eigenvalue weighted by molar-refractivity contribution is 6.31. The first-order chi connectivity index (χ1) is 11.4. The number of anilines is 2. The predicted octanol–water partition coefficient (Wildman–Crippen LogP) is 3.65. The van der Waals surface area contributed by atoms with Gasteiger partial charge in [-0.15, -0.1) is 0 Å². The minimum Gasteiger partial charge on any atom is -0.467 e. The molecule has 0 aromatic heterocycles. The summed E-state index contributed by atoms with van der Waals surface area (Å²) in [5.41, 5.74) is 2.11. The molecule has 6 heteroatoms. The predicted molar refractivity (Wildman–Crippen MR) is 95.4 cm³/mol. The second kappa shape index (κ2) is 7.84. The van der Waals surface area contributed by atoms with Crippen LogP contribution in [0.1, 0.15) is 18.5 Å². The Morgan fingerprint density at radius 2 is 1.75 bits per heavy atom. The molecule has 0 saturated heterocycles. The number of hydrogen-bond donors (Lipinski definition) is 1. The van der Waals surface area contributed by atoms with E-state index >= 15 is 0 Å². The van der Waals surface area contributed by atoms with Crippen molar-refractivity contribution in [1.82, 2.24) is 0 Å². The highest BCUT2D eigenvalue weighted by atomic mass is 35.5. The number of halogens is 1. The minimum atomic E-state index is -0.722. The zero-order valence-corrected chi connectivity index (χ0v) is 14.5. The maximum atomic E-state index is 12.1. The van der Waals surface area contributed by atoms with E-state index in [1.54, 1.807) is 49.5 Å². The molecule has 126 valence electrons. The van der Waals surface area contributed by atoms with E-state index < -0.39 is 12.0 Å². The number of methoxy groups -OCH3 is 1. The first-order valence-corrected chi connectivity index (χ1v) is 7.75. The topological polar surface area (TPSA) is 58.6 Å². The molecule has 2 aromatic rings. The monoisotopic (exact) mass is 346 g/mol. The molecule has 1 atom stereocenters. The Balaban J connectivity index is 2.26. The lowest BCUT2D eigenvalue weighted by Crippen LogP contribution is -2.23. The molecule has 0 spiro atoms. The molecule has 0 unspecified atom stereocenters. The molecule has 1 amide bonds. The fraction of sp³-hybridized carbons (Fsp3) is 0.222. The average molecular weight is 347 g/mol. The smallest absolute Gasteiger partial charge is 0.333 e. The van der Waals surface area contributed by atoms with E-state index in [1.807, 2.05) is 6.07 Å². The Labute approximate surface area is 146 Å². The van der Waals surface area contributed by atoms with Gasteiger partial charge in [-0.1, -0.05) is 29.8 Å². The van der Waals surface area contributed by atoms with Crippen molar-refractivity contribution in [3.05, 3.63) is 59.1 Å². The Morgan fingerprint density at radius 1 is 1.12 bits per heavy atom. The molecule has 0 saturated carbocycles. The molecule has 0 aliphatic rings. The van der Waals surface area contributed by atoms with Gasteiger partial charge >= 0.3 is 5.97 Å². The van der Waals surface area contributed by atoms with Gasteiger partial charge in [0, 0.05) is 35.9 Å². The first kappa shape index (κ1) is 17.8. The normalized spacial score (nSPS) is 11.5. The maximum absolute atomic E-state index is 12.1. The van der Waals surface area contributed by atoms with Gasteiger partial charge in [0.25, 0.3) is 0 Å². The second-order valence-corrected chi connectivity index (χ2v) is 5.65. The number of esters is 1. The van der Waals surface area contributed by atoms with Crippen LogP contribution in [-0.2, 0) is 14.3 Å². The van der Waals surface area contributed by atoms with Crippen LogP contribution in [0.3, 0.4) is 0 Å². The lowest BCUT2D eigenvalue weighted by Gasteiger charge is -2.20. The summed E-state index contributed by atoms with van der Waals surface area (Å²) in [5.74, 6) is -0.493. The molecule has 24 heavy (non-hydrogen) atoms. The summed E-state index contributed by atoms with van der Waals surface area (Å²) >= 11 is 6.20. The van der Waals surface area contributed by atoms with Crippen LogP contribution in [0.4, 0.5) is 11.4 Å². The summed E-state index contributed by atoms with van der Waals surface area (Å²) < 4.78 is 4.87. The summed E-state index contributed by atoms with van der Waals surface area (Å²) in [6.45, 7) is 1.50. The number of hydrogen-bond acceptors (Lipinski definition) is 4. The van der Waals surface area contributed by atoms with Crippen LogP contribution in [0.5, 0.6) is 0 Å². The molecule has 2 aromatic carbocycles. The number of ether oxygens (including phenoxy) is 1. The zero-order valence-electron chi connectivity index (χ0n) is 13.7. The zero-order chi connectivity index (χ0) is 17.7. The molecule has 2 rings (SSSR count). The summed E-state index contributed by atoms with van der Waals surface area (Å²) in [6, 6.07) is 13.6. The van der Waals surface area contributed by atoms with E-state index in [4.69, 9.17) is 16.3 Å². The number of nitrogens with one attached hydrogen (secondary N) is 1. The molecule has 0 radical (unpaired) electrons. The number of rotatable bonds is 5. The van der Waals surface area contributed by atoms with Gasteiger partial charge in [-0.2, -0.15) is 0 Å². The Bertz CT molecular complexity index is 731. The van der Waals surface area contributed by atoms with Crippen molar-refractivity contribution in [2.45, 2.75) is 13.0 Å². The van der Waals surface area contributed by atoms with Crippen LogP contribution in [0.2, 0.25) is 5.02 Å². The molecular formula is C18H19ClN2O3. The van der Waals surface area contributed by atoms with E-state index in [0.29, 0.717) is 16.3 Å². The van der Waals surface area contributed by atoms with Crippen LogP contribution in [-0.4, -0.2) is 26.0 Å². The number of carbonyl (C=O) groups excluding carboxylic acids is 2. The molecule has 0 fully saturated rings. The SMILES string of the molecule is COC(=O)[C@H](Nc1ccc(N(C)C(C)=O)cc1)c1ccccc1Cl. The number of carbonyl (C=O) groups is 2. The highest BCUT2D eigenvalue weighted by Crippen LogP contribution is 2.28. The molecule has 0 bridgehead atoms. The van der Waals surface area contributed by atoms with Gasteiger partial charge in [0.2, 0.25) is 5.91 Å². The van der Waals surface area contributed by atoms with Crippen LogP contribution in [0, 0.1) is 0 Å². The third kappa shape index (κ3) is 4.06. The molecule has 0 aliphatic carbocycles. The summed E-state index contributed by atoms with van der Waals surface area (Å²) in [4.78, 5) is 25.1. The Morgan fingerprint density at radius 3 is 2.29 bits per heavy atom. The summed E-state index contributed by atoms with van der Waals surface area (Å²) in [6.07, 6.45) is 0. The molecule has 1 N–H and O–H groups in total. The number of nitrogens with zero attached hydrogens (tertiary/aromatic N) is 1. The molecular weight excluding hydrogens is 328 g/mol. The van der Waals surface area contributed by atoms with Crippen LogP contribution in [0.15, 0.2) is 48.5 Å². The molecule has 0 aliphatic heterocycles. The van der Waals surface area contributed by atoms with E-state index in [1.165, 1.54) is 18.9 Å². The van der Waals surface area contributed by atoms with Crippen molar-refractivity contribution in [3.8, 4) is 0 Å². The Hall–Kier alpha value is -2.53. The molecule has 5 nitrogen and oxygen atoms in total. The number of amides is 1. The van der Waals surface area contributed by atoms with Gasteiger partial charge in [-0.3, -0.25) is 4.79 Å². The maximum Gasteiger partial charge on any atom is 0.333 e.